The summed E-state index contributed by atoms with van der Waals surface area (Å²) >= 11 is 0. The monoisotopic (exact) mass is 268 g/mol. The lowest BCUT2D eigenvalue weighted by atomic mass is 10.1. The van der Waals surface area contributed by atoms with Gasteiger partial charge < -0.3 is 10.2 Å². The molecule has 0 atom stereocenters. The fourth-order valence-corrected chi connectivity index (χ4v) is 1.82. The Bertz CT molecular complexity index is 640. The van der Waals surface area contributed by atoms with Crippen molar-refractivity contribution in [3.63, 3.8) is 0 Å². The van der Waals surface area contributed by atoms with Crippen molar-refractivity contribution in [1.29, 1.82) is 0 Å². The van der Waals surface area contributed by atoms with Gasteiger partial charge in [-0.05, 0) is 30.7 Å². The van der Waals surface area contributed by atoms with Gasteiger partial charge in [-0.2, -0.15) is 0 Å². The highest BCUT2D eigenvalue weighted by atomic mass is 16.3. The quantitative estimate of drug-likeness (QED) is 0.661. The van der Waals surface area contributed by atoms with Gasteiger partial charge in [-0.25, -0.2) is 0 Å². The third-order valence-electron chi connectivity index (χ3n) is 3.04. The van der Waals surface area contributed by atoms with Gasteiger partial charge in [0.25, 0.3) is 0 Å². The van der Waals surface area contributed by atoms with E-state index in [1.54, 1.807) is 30.3 Å². The number of carbonyl (C=O) groups excluding carboxylic acids is 1. The highest BCUT2D eigenvalue weighted by molar-refractivity contribution is 6.06. The number of allylic oxidation sites excluding steroid dienone is 1. The minimum atomic E-state index is -0.237. The molecule has 0 aliphatic carbocycles. The number of phenols is 1. The number of aromatic hydroxyl groups is 1. The largest absolute Gasteiger partial charge is 0.508 e. The lowest BCUT2D eigenvalue weighted by Gasteiger charge is -2.02. The number of ketones is 1. The predicted octanol–water partition coefficient (Wildman–Crippen LogP) is 3.09. The summed E-state index contributed by atoms with van der Waals surface area (Å²) in [7, 11) is 0. The van der Waals surface area contributed by atoms with Crippen LogP contribution < -0.4 is 0 Å². The molecule has 0 unspecified atom stereocenters. The number of rotatable bonds is 4. The topological polar surface area (TPSA) is 57.5 Å². The summed E-state index contributed by atoms with van der Waals surface area (Å²) in [5.74, 6) is -0.0295. The maximum atomic E-state index is 12.0. The van der Waals surface area contributed by atoms with E-state index >= 15 is 0 Å². The Morgan fingerprint density at radius 2 is 1.85 bits per heavy atom. The van der Waals surface area contributed by atoms with Gasteiger partial charge in [-0.3, -0.25) is 4.79 Å². The molecule has 0 aliphatic rings. The zero-order valence-electron chi connectivity index (χ0n) is 11.2. The van der Waals surface area contributed by atoms with E-state index in [0.29, 0.717) is 11.1 Å². The van der Waals surface area contributed by atoms with E-state index < -0.39 is 0 Å². The Balaban J connectivity index is 2.16. The lowest BCUT2D eigenvalue weighted by molar-refractivity contribution is 0.104. The van der Waals surface area contributed by atoms with Crippen LogP contribution in [0.1, 0.15) is 27.0 Å². The summed E-state index contributed by atoms with van der Waals surface area (Å²) in [4.78, 5) is 12.0. The Morgan fingerprint density at radius 3 is 2.50 bits per heavy atom. The van der Waals surface area contributed by atoms with E-state index in [1.807, 2.05) is 19.1 Å². The summed E-state index contributed by atoms with van der Waals surface area (Å²) in [6.07, 6.45) is 3.15. The molecule has 3 nitrogen and oxygen atoms in total. The second-order valence-corrected chi connectivity index (χ2v) is 4.61. The number of benzene rings is 2. The Morgan fingerprint density at radius 1 is 1.15 bits per heavy atom. The molecule has 20 heavy (non-hydrogen) atoms. The van der Waals surface area contributed by atoms with Crippen molar-refractivity contribution >= 4 is 11.9 Å². The van der Waals surface area contributed by atoms with Crippen LogP contribution in [0.25, 0.3) is 6.08 Å². The fraction of sp³-hybridized carbons (Fsp3) is 0.118. The number of aliphatic hydroxyl groups is 1. The number of aliphatic hydroxyl groups excluding tert-OH is 1. The average molecular weight is 268 g/mol. The minimum absolute atomic E-state index is 0.0505. The number of carbonyl (C=O) groups is 1. The summed E-state index contributed by atoms with van der Waals surface area (Å²) in [5.41, 5.74) is 2.94. The first-order valence-electron chi connectivity index (χ1n) is 6.32. The summed E-state index contributed by atoms with van der Waals surface area (Å²) in [5, 5.41) is 18.5. The molecule has 0 saturated heterocycles. The van der Waals surface area contributed by atoms with E-state index in [2.05, 4.69) is 0 Å². The first-order valence-corrected chi connectivity index (χ1v) is 6.32. The highest BCUT2D eigenvalue weighted by Crippen LogP contribution is 2.19. The average Bonchev–Trinajstić information content (AvgIpc) is 2.46. The SMILES string of the molecule is Cc1ccc(C(=O)/C=C/c2ccc(O)c(CO)c2)cc1. The first-order chi connectivity index (χ1) is 9.60. The smallest absolute Gasteiger partial charge is 0.185 e. The minimum Gasteiger partial charge on any atom is -0.508 e. The van der Waals surface area contributed by atoms with Crippen molar-refractivity contribution in [2.75, 3.05) is 0 Å². The van der Waals surface area contributed by atoms with Crippen LogP contribution in [0.15, 0.2) is 48.5 Å². The predicted molar refractivity (Wildman–Crippen MR) is 78.6 cm³/mol. The van der Waals surface area contributed by atoms with Gasteiger partial charge >= 0.3 is 0 Å². The Hall–Kier alpha value is -2.39. The van der Waals surface area contributed by atoms with Crippen molar-refractivity contribution in [1.82, 2.24) is 0 Å². The molecule has 2 rings (SSSR count). The van der Waals surface area contributed by atoms with Crippen LogP contribution in [0.3, 0.4) is 0 Å². The van der Waals surface area contributed by atoms with Gasteiger partial charge in [-0.1, -0.05) is 42.0 Å². The standard InChI is InChI=1S/C17H16O3/c1-12-2-6-14(7-3-12)16(19)8-4-13-5-9-17(20)15(10-13)11-18/h2-10,18,20H,11H2,1H3/b8-4+. The van der Waals surface area contributed by atoms with Crippen molar-refractivity contribution in [2.24, 2.45) is 0 Å². The normalized spacial score (nSPS) is 10.9. The molecule has 0 aromatic heterocycles. The third kappa shape index (κ3) is 3.33. The third-order valence-corrected chi connectivity index (χ3v) is 3.04. The molecule has 0 fully saturated rings. The molecule has 0 radical (unpaired) electrons. The van der Waals surface area contributed by atoms with Crippen molar-refractivity contribution in [3.8, 4) is 5.75 Å². The molecule has 2 N–H and O–H groups in total. The summed E-state index contributed by atoms with van der Waals surface area (Å²) in [6.45, 7) is 1.73. The van der Waals surface area contributed by atoms with E-state index in [4.69, 9.17) is 5.11 Å². The van der Waals surface area contributed by atoms with Crippen molar-refractivity contribution < 1.29 is 15.0 Å². The zero-order valence-corrected chi connectivity index (χ0v) is 11.2. The van der Waals surface area contributed by atoms with Crippen LogP contribution in [0.2, 0.25) is 0 Å². The van der Waals surface area contributed by atoms with Gasteiger partial charge in [0.2, 0.25) is 0 Å². The van der Waals surface area contributed by atoms with Crippen molar-refractivity contribution in [3.05, 3.63) is 70.8 Å². The van der Waals surface area contributed by atoms with Gasteiger partial charge in [0.1, 0.15) is 5.75 Å². The second-order valence-electron chi connectivity index (χ2n) is 4.61. The van der Waals surface area contributed by atoms with E-state index in [9.17, 15) is 9.90 Å². The molecule has 3 heteroatoms. The lowest BCUT2D eigenvalue weighted by Crippen LogP contribution is -1.93. The van der Waals surface area contributed by atoms with Gasteiger partial charge in [-0.15, -0.1) is 0 Å². The second kappa shape index (κ2) is 6.17. The van der Waals surface area contributed by atoms with E-state index in [1.165, 1.54) is 12.1 Å². The van der Waals surface area contributed by atoms with Crippen LogP contribution in [-0.4, -0.2) is 16.0 Å². The molecule has 0 spiro atoms. The molecule has 2 aromatic carbocycles. The molecule has 0 saturated carbocycles. The first kappa shape index (κ1) is 14.0. The molecular weight excluding hydrogens is 252 g/mol. The molecule has 0 bridgehead atoms. The Labute approximate surface area is 117 Å². The van der Waals surface area contributed by atoms with Crippen LogP contribution >= 0.6 is 0 Å². The summed E-state index contributed by atoms with van der Waals surface area (Å²) in [6, 6.07) is 12.2. The maximum absolute atomic E-state index is 12.0. The van der Waals surface area contributed by atoms with Crippen LogP contribution in [0.4, 0.5) is 0 Å². The fourth-order valence-electron chi connectivity index (χ4n) is 1.82. The highest BCUT2D eigenvalue weighted by Gasteiger charge is 2.02. The van der Waals surface area contributed by atoms with Crippen LogP contribution in [0.5, 0.6) is 5.75 Å². The Kier molecular flexibility index (Phi) is 4.33. The number of hydrogen-bond donors (Lipinski definition) is 2. The number of aryl methyl sites for hydroxylation is 1. The van der Waals surface area contributed by atoms with Gasteiger partial charge in [0, 0.05) is 11.1 Å². The molecule has 102 valence electrons. The van der Waals surface area contributed by atoms with Crippen LogP contribution in [-0.2, 0) is 6.61 Å². The van der Waals surface area contributed by atoms with Crippen LogP contribution in [0, 0.1) is 6.92 Å². The number of hydrogen-bond acceptors (Lipinski definition) is 3. The van der Waals surface area contributed by atoms with Crippen molar-refractivity contribution in [2.45, 2.75) is 13.5 Å². The molecule has 0 heterocycles. The van der Waals surface area contributed by atoms with Gasteiger partial charge in [0.15, 0.2) is 5.78 Å². The molecular formula is C17H16O3. The molecule has 2 aromatic rings. The maximum Gasteiger partial charge on any atom is 0.185 e. The van der Waals surface area contributed by atoms with E-state index in [0.717, 1.165) is 11.1 Å². The molecule has 0 aliphatic heterocycles. The molecule has 0 amide bonds. The van der Waals surface area contributed by atoms with E-state index in [-0.39, 0.29) is 18.1 Å². The summed E-state index contributed by atoms with van der Waals surface area (Å²) < 4.78 is 0. The van der Waals surface area contributed by atoms with Gasteiger partial charge in [0.05, 0.1) is 6.61 Å². The zero-order chi connectivity index (χ0) is 14.5.